The van der Waals surface area contributed by atoms with Gasteiger partial charge >= 0.3 is 0 Å². The minimum atomic E-state index is 0.278. The molecule has 2 rings (SSSR count). The molecule has 2 N–H and O–H groups in total. The summed E-state index contributed by atoms with van der Waals surface area (Å²) in [7, 11) is 0. The van der Waals surface area contributed by atoms with E-state index in [1.165, 1.54) is 0 Å². The highest BCUT2D eigenvalue weighted by molar-refractivity contribution is 5.04. The van der Waals surface area contributed by atoms with Gasteiger partial charge in [-0.2, -0.15) is 0 Å². The molecule has 5 heteroatoms. The molecule has 0 radical (unpaired) electrons. The smallest absolute Gasteiger partial charge is 0.151 e. The van der Waals surface area contributed by atoms with Crippen molar-refractivity contribution in [3.8, 4) is 0 Å². The monoisotopic (exact) mass is 225 g/mol. The van der Waals surface area contributed by atoms with Crippen LogP contribution in [0.4, 0.5) is 0 Å². The van der Waals surface area contributed by atoms with Crippen molar-refractivity contribution >= 4 is 0 Å². The number of ether oxygens (including phenoxy) is 1. The quantitative estimate of drug-likeness (QED) is 0.822. The Labute approximate surface area is 95.5 Å². The van der Waals surface area contributed by atoms with Crippen molar-refractivity contribution in [3.05, 3.63) is 17.5 Å². The molecule has 0 aliphatic carbocycles. The number of aromatic nitrogens is 1. The molecule has 0 amide bonds. The fourth-order valence-corrected chi connectivity index (χ4v) is 2.16. The lowest BCUT2D eigenvalue weighted by molar-refractivity contribution is -0.0721. The van der Waals surface area contributed by atoms with E-state index in [4.69, 9.17) is 15.0 Å². The van der Waals surface area contributed by atoms with Gasteiger partial charge in [-0.25, -0.2) is 0 Å². The summed E-state index contributed by atoms with van der Waals surface area (Å²) in [6.07, 6.45) is 0.557. The maximum absolute atomic E-state index is 5.67. The molecule has 5 nitrogen and oxygen atoms in total. The summed E-state index contributed by atoms with van der Waals surface area (Å²) in [4.78, 5) is 2.32. The Morgan fingerprint density at radius 1 is 1.44 bits per heavy atom. The number of morpholine rings is 1. The minimum absolute atomic E-state index is 0.278. The average molecular weight is 225 g/mol. The highest BCUT2D eigenvalue weighted by Crippen LogP contribution is 2.14. The van der Waals surface area contributed by atoms with Gasteiger partial charge < -0.3 is 15.0 Å². The number of hydrogen-bond acceptors (Lipinski definition) is 5. The molecule has 1 aromatic rings. The van der Waals surface area contributed by atoms with Gasteiger partial charge in [0.2, 0.25) is 0 Å². The number of hydrogen-bond donors (Lipinski definition) is 1. The zero-order valence-corrected chi connectivity index (χ0v) is 9.85. The predicted octanol–water partition coefficient (Wildman–Crippen LogP) is 0.743. The molecule has 1 aromatic heterocycles. The van der Waals surface area contributed by atoms with Gasteiger partial charge in [0.1, 0.15) is 0 Å². The molecule has 0 aromatic carbocycles. The van der Waals surface area contributed by atoms with Gasteiger partial charge in [0.15, 0.2) is 5.76 Å². The van der Waals surface area contributed by atoms with Crippen LogP contribution in [0.5, 0.6) is 0 Å². The van der Waals surface area contributed by atoms with Crippen molar-refractivity contribution in [1.82, 2.24) is 10.1 Å². The van der Waals surface area contributed by atoms with E-state index in [1.54, 1.807) is 0 Å². The van der Waals surface area contributed by atoms with Gasteiger partial charge in [-0.15, -0.1) is 0 Å². The maximum Gasteiger partial charge on any atom is 0.151 e. The van der Waals surface area contributed by atoms with Gasteiger partial charge in [-0.05, 0) is 13.8 Å². The third-order valence-electron chi connectivity index (χ3n) is 2.69. The van der Waals surface area contributed by atoms with Crippen LogP contribution in [0.25, 0.3) is 0 Å². The molecule has 1 saturated heterocycles. The standard InChI is InChI=1S/C11H19N3O2/c1-8-5-14(6-9(2)15-8)7-11-3-10(4-12)13-16-11/h3,8-9H,4-7,12H2,1-2H3/t8-,9+. The highest BCUT2D eigenvalue weighted by Gasteiger charge is 2.23. The SMILES string of the molecule is C[C@@H]1CN(Cc2cc(CN)no2)C[C@H](C)O1. The van der Waals surface area contributed by atoms with Crippen LogP contribution in [0.2, 0.25) is 0 Å². The van der Waals surface area contributed by atoms with Crippen LogP contribution >= 0.6 is 0 Å². The number of rotatable bonds is 3. The van der Waals surface area contributed by atoms with Crippen molar-refractivity contribution in [2.45, 2.75) is 39.1 Å². The first kappa shape index (κ1) is 11.6. The van der Waals surface area contributed by atoms with Crippen LogP contribution in [0.1, 0.15) is 25.3 Å². The molecule has 1 fully saturated rings. The summed E-state index contributed by atoms with van der Waals surface area (Å²) in [6, 6.07) is 1.92. The summed E-state index contributed by atoms with van der Waals surface area (Å²) in [5.74, 6) is 0.877. The lowest BCUT2D eigenvalue weighted by Gasteiger charge is -2.34. The molecule has 0 saturated carbocycles. The van der Waals surface area contributed by atoms with E-state index < -0.39 is 0 Å². The Morgan fingerprint density at radius 2 is 2.12 bits per heavy atom. The number of nitrogens with zero attached hydrogens (tertiary/aromatic N) is 2. The van der Waals surface area contributed by atoms with Crippen LogP contribution in [-0.4, -0.2) is 35.4 Å². The largest absolute Gasteiger partial charge is 0.373 e. The highest BCUT2D eigenvalue weighted by atomic mass is 16.5. The summed E-state index contributed by atoms with van der Waals surface area (Å²) < 4.78 is 10.9. The van der Waals surface area contributed by atoms with Crippen LogP contribution < -0.4 is 5.73 Å². The fourth-order valence-electron chi connectivity index (χ4n) is 2.16. The molecule has 90 valence electrons. The van der Waals surface area contributed by atoms with Gasteiger partial charge in [-0.3, -0.25) is 4.90 Å². The van der Waals surface area contributed by atoms with Crippen molar-refractivity contribution in [2.75, 3.05) is 13.1 Å². The summed E-state index contributed by atoms with van der Waals surface area (Å²) in [5.41, 5.74) is 6.29. The van der Waals surface area contributed by atoms with Crippen molar-refractivity contribution < 1.29 is 9.26 Å². The molecule has 2 atom stereocenters. The molecular formula is C11H19N3O2. The first-order valence-corrected chi connectivity index (χ1v) is 5.69. The van der Waals surface area contributed by atoms with Crippen molar-refractivity contribution in [1.29, 1.82) is 0 Å². The molecule has 1 aliphatic heterocycles. The molecule has 0 spiro atoms. The van der Waals surface area contributed by atoms with E-state index in [2.05, 4.69) is 23.9 Å². The van der Waals surface area contributed by atoms with Gasteiger partial charge in [0.05, 0.1) is 24.4 Å². The van der Waals surface area contributed by atoms with Gasteiger partial charge in [-0.1, -0.05) is 5.16 Å². The van der Waals surface area contributed by atoms with Crippen molar-refractivity contribution in [3.63, 3.8) is 0 Å². The molecule has 16 heavy (non-hydrogen) atoms. The second-order valence-corrected chi connectivity index (χ2v) is 4.44. The predicted molar refractivity (Wildman–Crippen MR) is 59.7 cm³/mol. The van der Waals surface area contributed by atoms with E-state index in [-0.39, 0.29) is 12.2 Å². The van der Waals surface area contributed by atoms with E-state index >= 15 is 0 Å². The number of nitrogens with two attached hydrogens (primary N) is 1. The van der Waals surface area contributed by atoms with Gasteiger partial charge in [0, 0.05) is 25.7 Å². The summed E-state index contributed by atoms with van der Waals surface area (Å²) in [5, 5.41) is 3.88. The van der Waals surface area contributed by atoms with E-state index in [1.807, 2.05) is 6.07 Å². The third kappa shape index (κ3) is 2.81. The Morgan fingerprint density at radius 3 is 2.69 bits per heavy atom. The molecule has 0 bridgehead atoms. The molecular weight excluding hydrogens is 206 g/mol. The van der Waals surface area contributed by atoms with Gasteiger partial charge in [0.25, 0.3) is 0 Å². The zero-order valence-electron chi connectivity index (χ0n) is 9.85. The average Bonchev–Trinajstić information content (AvgIpc) is 2.64. The van der Waals surface area contributed by atoms with Crippen LogP contribution in [0.15, 0.2) is 10.6 Å². The van der Waals surface area contributed by atoms with E-state index in [0.717, 1.165) is 31.1 Å². The Bertz CT molecular complexity index is 330. The summed E-state index contributed by atoms with van der Waals surface area (Å²) in [6.45, 7) is 7.26. The van der Waals surface area contributed by atoms with Crippen LogP contribution in [-0.2, 0) is 17.8 Å². The first-order valence-electron chi connectivity index (χ1n) is 5.69. The Hall–Kier alpha value is -0.910. The minimum Gasteiger partial charge on any atom is -0.373 e. The van der Waals surface area contributed by atoms with Crippen LogP contribution in [0.3, 0.4) is 0 Å². The first-order chi connectivity index (χ1) is 7.67. The van der Waals surface area contributed by atoms with Crippen molar-refractivity contribution in [2.24, 2.45) is 5.73 Å². The Balaban J connectivity index is 1.93. The fraction of sp³-hybridized carbons (Fsp3) is 0.727. The van der Waals surface area contributed by atoms with E-state index in [0.29, 0.717) is 6.54 Å². The lowest BCUT2D eigenvalue weighted by atomic mass is 10.2. The second kappa shape index (κ2) is 4.95. The lowest BCUT2D eigenvalue weighted by Crippen LogP contribution is -2.44. The topological polar surface area (TPSA) is 64.5 Å². The third-order valence-corrected chi connectivity index (χ3v) is 2.69. The molecule has 2 heterocycles. The maximum atomic E-state index is 5.67. The second-order valence-electron chi connectivity index (χ2n) is 4.44. The normalized spacial score (nSPS) is 27.2. The van der Waals surface area contributed by atoms with Crippen LogP contribution in [0, 0.1) is 0 Å². The van der Waals surface area contributed by atoms with E-state index in [9.17, 15) is 0 Å². The molecule has 1 aliphatic rings. The Kier molecular flexibility index (Phi) is 3.58. The molecule has 0 unspecified atom stereocenters. The summed E-state index contributed by atoms with van der Waals surface area (Å²) >= 11 is 0. The zero-order chi connectivity index (χ0) is 11.5.